The van der Waals surface area contributed by atoms with Crippen LogP contribution in [0.5, 0.6) is 0 Å². The largest absolute Gasteiger partial charge is 0.465 e. The van der Waals surface area contributed by atoms with E-state index in [9.17, 15) is 48.6 Å². The van der Waals surface area contributed by atoms with Crippen LogP contribution >= 0.6 is 0 Å². The molecule has 0 radical (unpaired) electrons. The molecule has 2 atom stereocenters. The highest BCUT2D eigenvalue weighted by atomic mass is 16.6. The summed E-state index contributed by atoms with van der Waals surface area (Å²) in [6, 6.07) is 37.1. The number of benzene rings is 4. The van der Waals surface area contributed by atoms with Gasteiger partial charge in [-0.25, -0.2) is 19.2 Å². The summed E-state index contributed by atoms with van der Waals surface area (Å²) in [5.74, 6) is -1.20. The summed E-state index contributed by atoms with van der Waals surface area (Å²) in [7, 11) is 0. The minimum absolute atomic E-state index is 0.0657. The van der Waals surface area contributed by atoms with E-state index in [1.165, 1.54) is 0 Å². The number of rotatable bonds is 68. The predicted molar refractivity (Wildman–Crippen MR) is 405 cm³/mol. The maximum atomic E-state index is 14.0. The van der Waals surface area contributed by atoms with Gasteiger partial charge in [0.15, 0.2) is 0 Å². The molecule has 0 aliphatic heterocycles. The summed E-state index contributed by atoms with van der Waals surface area (Å²) < 4.78 is 61.1. The third-order valence-electron chi connectivity index (χ3n) is 17.2. The monoisotopic (exact) mass is 1530 g/mol. The molecule has 31 heteroatoms. The zero-order chi connectivity index (χ0) is 78.4. The molecule has 12 N–H and O–H groups in total. The van der Waals surface area contributed by atoms with E-state index in [1.807, 2.05) is 121 Å². The highest BCUT2D eigenvalue weighted by Gasteiger charge is 2.52. The first-order valence-corrected chi connectivity index (χ1v) is 37.6. The lowest BCUT2D eigenvalue weighted by Gasteiger charge is -2.52. The lowest BCUT2D eigenvalue weighted by atomic mass is 9.56. The first kappa shape index (κ1) is 92.8. The van der Waals surface area contributed by atoms with Gasteiger partial charge in [0.25, 0.3) is 0 Å². The third-order valence-corrected chi connectivity index (χ3v) is 17.2. The SMILES string of the molecule is O=C(O)NCCCC[C@H](NC(=O)O)C(=O)NCCCOCCOCCOCCCNC(=O)CCOCCOCCOCCOCCOCCC(=O)NCCCOCCOCCOCCCNC(=O)[C@H](CCC(Cc1ccccc1)(Cc1ccccc1)C(Cc1ccccc1)(Cc1ccccc1)NC(=O)O)NC(=O)O. The van der Waals surface area contributed by atoms with Gasteiger partial charge in [0, 0.05) is 77.4 Å². The van der Waals surface area contributed by atoms with Crippen LogP contribution in [0.1, 0.15) is 92.9 Å². The Labute approximate surface area is 639 Å². The quantitative estimate of drug-likeness (QED) is 0.0212. The molecule has 109 heavy (non-hydrogen) atoms. The topological polar surface area (TPSA) is 415 Å². The predicted octanol–water partition coefficient (Wildman–Crippen LogP) is 6.43. The number of nitrogens with one attached hydrogen (secondary N) is 8. The van der Waals surface area contributed by atoms with Gasteiger partial charge in [-0.1, -0.05) is 121 Å². The number of carbonyl (C=O) groups excluding carboxylic acids is 4. The van der Waals surface area contributed by atoms with Crippen molar-refractivity contribution in [2.24, 2.45) is 5.41 Å². The van der Waals surface area contributed by atoms with E-state index in [4.69, 9.17) is 62.3 Å². The van der Waals surface area contributed by atoms with Crippen LogP contribution in [0.2, 0.25) is 0 Å². The van der Waals surface area contributed by atoms with Crippen LogP contribution in [0, 0.1) is 5.41 Å². The summed E-state index contributed by atoms with van der Waals surface area (Å²) in [5, 5.41) is 59.8. The third kappa shape index (κ3) is 45.9. The summed E-state index contributed by atoms with van der Waals surface area (Å²) in [5.41, 5.74) is 1.64. The summed E-state index contributed by atoms with van der Waals surface area (Å²) in [6.45, 7) is 9.57. The van der Waals surface area contributed by atoms with Crippen LogP contribution in [0.3, 0.4) is 0 Å². The minimum Gasteiger partial charge on any atom is -0.465 e. The van der Waals surface area contributed by atoms with Crippen molar-refractivity contribution in [2.45, 2.75) is 114 Å². The molecule has 608 valence electrons. The Balaban J connectivity index is 0.920. The van der Waals surface area contributed by atoms with Gasteiger partial charge in [-0.15, -0.1) is 0 Å². The second-order valence-corrected chi connectivity index (χ2v) is 25.6. The van der Waals surface area contributed by atoms with Crippen LogP contribution in [0.15, 0.2) is 121 Å². The van der Waals surface area contributed by atoms with E-state index >= 15 is 0 Å². The molecule has 31 nitrogen and oxygen atoms in total. The van der Waals surface area contributed by atoms with E-state index in [1.54, 1.807) is 0 Å². The zero-order valence-corrected chi connectivity index (χ0v) is 62.9. The van der Waals surface area contributed by atoms with Crippen molar-refractivity contribution in [3.05, 3.63) is 144 Å². The zero-order valence-electron chi connectivity index (χ0n) is 62.9. The molecule has 0 saturated carbocycles. The molecule has 0 bridgehead atoms. The van der Waals surface area contributed by atoms with Gasteiger partial charge in [0.05, 0.1) is 124 Å². The lowest BCUT2D eigenvalue weighted by molar-refractivity contribution is -0.124. The van der Waals surface area contributed by atoms with Gasteiger partial charge in [-0.05, 0) is 106 Å². The smallest absolute Gasteiger partial charge is 0.405 e. The fraction of sp³-hybridized carbons (Fsp3) is 0.590. The Hall–Kier alpha value is -8.60. The van der Waals surface area contributed by atoms with Crippen LogP contribution in [0.4, 0.5) is 19.2 Å². The van der Waals surface area contributed by atoms with E-state index in [0.717, 1.165) is 22.3 Å². The van der Waals surface area contributed by atoms with Crippen molar-refractivity contribution in [3.8, 4) is 0 Å². The molecule has 0 aliphatic carbocycles. The Bertz CT molecular complexity index is 2980. The number of carboxylic acid groups (broad SMARTS) is 4. The molecular weight excluding hydrogens is 1420 g/mol. The van der Waals surface area contributed by atoms with Crippen molar-refractivity contribution in [1.82, 2.24) is 42.5 Å². The number of unbranched alkanes of at least 4 members (excludes halogenated alkanes) is 1. The molecule has 0 heterocycles. The van der Waals surface area contributed by atoms with Crippen LogP contribution in [0.25, 0.3) is 0 Å². The first-order valence-electron chi connectivity index (χ1n) is 37.6. The van der Waals surface area contributed by atoms with E-state index < -0.39 is 59.2 Å². The van der Waals surface area contributed by atoms with Gasteiger partial charge in [0.1, 0.15) is 12.1 Å². The van der Waals surface area contributed by atoms with Crippen LogP contribution < -0.4 is 42.5 Å². The van der Waals surface area contributed by atoms with E-state index in [-0.39, 0.29) is 70.2 Å². The summed E-state index contributed by atoms with van der Waals surface area (Å²) in [4.78, 5) is 98.0. The number of hydrogen-bond acceptors (Lipinski definition) is 19. The molecule has 4 rings (SSSR count). The molecule has 0 unspecified atom stereocenters. The van der Waals surface area contributed by atoms with Gasteiger partial charge in [-0.2, -0.15) is 0 Å². The molecular formula is C78H118N8O23. The normalized spacial score (nSPS) is 12.0. The van der Waals surface area contributed by atoms with E-state index in [2.05, 4.69) is 42.5 Å². The molecule has 0 spiro atoms. The van der Waals surface area contributed by atoms with Crippen LogP contribution in [-0.2, 0) is 97.0 Å². The van der Waals surface area contributed by atoms with Gasteiger partial charge in [-0.3, -0.25) is 19.2 Å². The highest BCUT2D eigenvalue weighted by molar-refractivity contribution is 5.86. The maximum Gasteiger partial charge on any atom is 0.405 e. The number of hydrogen-bond donors (Lipinski definition) is 12. The molecule has 4 aromatic rings. The Morgan fingerprint density at radius 3 is 0.890 bits per heavy atom. The van der Waals surface area contributed by atoms with Crippen LogP contribution in [-0.4, -0.2) is 264 Å². The summed E-state index contributed by atoms with van der Waals surface area (Å²) in [6.07, 6.45) is 0.582. The summed E-state index contributed by atoms with van der Waals surface area (Å²) >= 11 is 0. The number of carbonyl (C=O) groups is 8. The van der Waals surface area contributed by atoms with E-state index in [0.29, 0.717) is 216 Å². The van der Waals surface area contributed by atoms with Crippen molar-refractivity contribution in [2.75, 3.05) is 178 Å². The highest BCUT2D eigenvalue weighted by Crippen LogP contribution is 2.47. The second kappa shape index (κ2) is 60.2. The molecule has 0 saturated heterocycles. The first-order chi connectivity index (χ1) is 53.1. The average molecular weight is 1540 g/mol. The standard InChI is InChI=1S/C78H118N8O23/c87-69(79-33-15-37-99-43-49-105-51-45-101-39-17-35-81-71(89)67(84-74(93)94)27-13-14-32-83-73(91)92)29-41-103-47-53-107-55-57-109-58-56-108-54-48-104-42-30-70(88)80-34-16-38-100-44-50-106-52-46-102-40-18-36-82-72(90)68(85-75(95)96)28-31-77(59-63-19-5-1-6-20-63,60-64-21-7-2-8-22-64)78(86-76(97)98,61-65-23-9-3-10-24-65)62-66-25-11-4-12-26-66/h1-12,19-26,67-68,83-86H,13-18,27-62H2,(H,79,87)(H,80,88)(H,81,89)(H,82,90)(H,91,92)(H,93,94)(H,95,96)(H,97,98)/t67-,68-/m0/s1. The van der Waals surface area contributed by atoms with Gasteiger partial charge >= 0.3 is 24.4 Å². The number of ether oxygens (including phenoxy) is 11. The molecule has 4 aromatic carbocycles. The van der Waals surface area contributed by atoms with Crippen molar-refractivity contribution in [3.63, 3.8) is 0 Å². The fourth-order valence-corrected chi connectivity index (χ4v) is 11.9. The second-order valence-electron chi connectivity index (χ2n) is 25.6. The van der Waals surface area contributed by atoms with Crippen molar-refractivity contribution < 1.29 is 111 Å². The Morgan fingerprint density at radius 1 is 0.294 bits per heavy atom. The average Bonchev–Trinajstić information content (AvgIpc) is 0.744. The lowest BCUT2D eigenvalue weighted by Crippen LogP contribution is -2.65. The van der Waals surface area contributed by atoms with Crippen molar-refractivity contribution in [1.29, 1.82) is 0 Å². The Morgan fingerprint density at radius 2 is 0.578 bits per heavy atom. The number of amides is 8. The molecule has 0 aromatic heterocycles. The van der Waals surface area contributed by atoms with Crippen molar-refractivity contribution >= 4 is 48.0 Å². The maximum absolute atomic E-state index is 14.0. The van der Waals surface area contributed by atoms with Gasteiger partial charge in [0.2, 0.25) is 23.6 Å². The van der Waals surface area contributed by atoms with Gasteiger partial charge < -0.3 is 115 Å². The molecule has 0 fully saturated rings. The Kier molecular flexibility index (Phi) is 51.3. The molecule has 8 amide bonds. The fourth-order valence-electron chi connectivity index (χ4n) is 11.9. The minimum atomic E-state index is -1.36. The molecule has 0 aliphatic rings.